The molecule has 4 heteroatoms. The summed E-state index contributed by atoms with van der Waals surface area (Å²) in [5.41, 5.74) is 0. The van der Waals surface area contributed by atoms with Gasteiger partial charge in [0.25, 0.3) is 0 Å². The quantitative estimate of drug-likeness (QED) is 0.752. The molecule has 1 unspecified atom stereocenters. The monoisotopic (exact) mass is 237 g/mol. The first-order valence-corrected chi connectivity index (χ1v) is 7.50. The third kappa shape index (κ3) is 1.99. The standard InChI is InChI=1S/C12H19N3S/c1-9-2-3-11-13-12(14-15(11)8-9)10-4-6-16-7-5-10/h9-10H,2-8H2,1H3. The number of thioether (sulfide) groups is 1. The van der Waals surface area contributed by atoms with Crippen LogP contribution in [0.2, 0.25) is 0 Å². The summed E-state index contributed by atoms with van der Waals surface area (Å²) in [6, 6.07) is 0. The first kappa shape index (κ1) is 10.6. The fraction of sp³-hybridized carbons (Fsp3) is 0.833. The molecule has 0 aliphatic carbocycles. The zero-order valence-corrected chi connectivity index (χ0v) is 10.7. The Labute approximate surface area is 101 Å². The molecule has 3 nitrogen and oxygen atoms in total. The Hall–Kier alpha value is -0.510. The van der Waals surface area contributed by atoms with Gasteiger partial charge >= 0.3 is 0 Å². The molecule has 3 rings (SSSR count). The second-order valence-electron chi connectivity index (χ2n) is 5.10. The highest BCUT2D eigenvalue weighted by molar-refractivity contribution is 7.99. The molecular weight excluding hydrogens is 218 g/mol. The Morgan fingerprint density at radius 1 is 1.25 bits per heavy atom. The summed E-state index contributed by atoms with van der Waals surface area (Å²) in [5, 5.41) is 4.72. The first-order chi connectivity index (χ1) is 7.83. The number of hydrogen-bond donors (Lipinski definition) is 0. The maximum atomic E-state index is 4.75. The van der Waals surface area contributed by atoms with Crippen molar-refractivity contribution in [3.05, 3.63) is 11.6 Å². The summed E-state index contributed by atoms with van der Waals surface area (Å²) in [4.78, 5) is 4.75. The Morgan fingerprint density at radius 3 is 2.88 bits per heavy atom. The van der Waals surface area contributed by atoms with E-state index in [0.717, 1.165) is 24.7 Å². The summed E-state index contributed by atoms with van der Waals surface area (Å²) in [6.45, 7) is 3.38. The van der Waals surface area contributed by atoms with E-state index in [9.17, 15) is 0 Å². The highest BCUT2D eigenvalue weighted by Crippen LogP contribution is 2.30. The van der Waals surface area contributed by atoms with E-state index in [4.69, 9.17) is 10.1 Å². The zero-order chi connectivity index (χ0) is 11.0. The van der Waals surface area contributed by atoms with E-state index in [1.54, 1.807) is 0 Å². The minimum absolute atomic E-state index is 0.634. The first-order valence-electron chi connectivity index (χ1n) is 6.34. The second kappa shape index (κ2) is 4.40. The molecule has 0 radical (unpaired) electrons. The molecule has 1 aromatic heterocycles. The second-order valence-corrected chi connectivity index (χ2v) is 6.32. The van der Waals surface area contributed by atoms with Crippen molar-refractivity contribution >= 4 is 11.8 Å². The van der Waals surface area contributed by atoms with E-state index in [2.05, 4.69) is 23.4 Å². The topological polar surface area (TPSA) is 30.7 Å². The molecular formula is C12H19N3S. The molecule has 1 saturated heterocycles. The predicted octanol–water partition coefficient (Wildman–Crippen LogP) is 2.47. The highest BCUT2D eigenvalue weighted by Gasteiger charge is 2.24. The number of rotatable bonds is 1. The van der Waals surface area contributed by atoms with Crippen molar-refractivity contribution in [2.75, 3.05) is 11.5 Å². The average molecular weight is 237 g/mol. The lowest BCUT2D eigenvalue weighted by atomic mass is 10.0. The Morgan fingerprint density at radius 2 is 2.06 bits per heavy atom. The largest absolute Gasteiger partial charge is 0.250 e. The SMILES string of the molecule is CC1CCc2nc(C3CCSCC3)nn2C1. The predicted molar refractivity (Wildman–Crippen MR) is 66.8 cm³/mol. The van der Waals surface area contributed by atoms with Gasteiger partial charge in [0, 0.05) is 18.9 Å². The molecule has 0 aromatic carbocycles. The van der Waals surface area contributed by atoms with Crippen LogP contribution in [0, 0.1) is 5.92 Å². The van der Waals surface area contributed by atoms with Gasteiger partial charge in [-0.05, 0) is 36.7 Å². The fourth-order valence-corrected chi connectivity index (χ4v) is 3.72. The third-order valence-corrected chi connectivity index (χ3v) is 4.75. The van der Waals surface area contributed by atoms with Crippen molar-refractivity contribution < 1.29 is 0 Å². The molecule has 1 atom stereocenters. The van der Waals surface area contributed by atoms with Gasteiger partial charge in [0.1, 0.15) is 5.82 Å². The van der Waals surface area contributed by atoms with E-state index in [1.807, 2.05) is 0 Å². The van der Waals surface area contributed by atoms with Gasteiger partial charge in [-0.3, -0.25) is 0 Å². The van der Waals surface area contributed by atoms with Gasteiger partial charge in [-0.15, -0.1) is 0 Å². The lowest BCUT2D eigenvalue weighted by Crippen LogP contribution is -2.19. The van der Waals surface area contributed by atoms with E-state index >= 15 is 0 Å². The van der Waals surface area contributed by atoms with Crippen LogP contribution < -0.4 is 0 Å². The van der Waals surface area contributed by atoms with Crippen molar-refractivity contribution in [3.8, 4) is 0 Å². The van der Waals surface area contributed by atoms with Crippen LogP contribution in [0.5, 0.6) is 0 Å². The molecule has 0 N–H and O–H groups in total. The molecule has 2 aliphatic rings. The van der Waals surface area contributed by atoms with Crippen molar-refractivity contribution in [3.63, 3.8) is 0 Å². The van der Waals surface area contributed by atoms with Crippen LogP contribution in [-0.4, -0.2) is 26.3 Å². The van der Waals surface area contributed by atoms with E-state index < -0.39 is 0 Å². The van der Waals surface area contributed by atoms with Gasteiger partial charge in [-0.25, -0.2) is 9.67 Å². The highest BCUT2D eigenvalue weighted by atomic mass is 32.2. The fourth-order valence-electron chi connectivity index (χ4n) is 2.62. The molecule has 88 valence electrons. The number of hydrogen-bond acceptors (Lipinski definition) is 3. The molecule has 0 saturated carbocycles. The van der Waals surface area contributed by atoms with E-state index in [-0.39, 0.29) is 0 Å². The Balaban J connectivity index is 1.80. The summed E-state index contributed by atoms with van der Waals surface area (Å²) in [5.74, 6) is 6.32. The van der Waals surface area contributed by atoms with Crippen LogP contribution >= 0.6 is 11.8 Å². The van der Waals surface area contributed by atoms with Crippen molar-refractivity contribution in [1.29, 1.82) is 0 Å². The number of fused-ring (bicyclic) bond motifs is 1. The van der Waals surface area contributed by atoms with Gasteiger partial charge in [0.2, 0.25) is 0 Å². The third-order valence-electron chi connectivity index (χ3n) is 3.70. The van der Waals surface area contributed by atoms with Crippen LogP contribution in [0.15, 0.2) is 0 Å². The van der Waals surface area contributed by atoms with E-state index in [0.29, 0.717) is 5.92 Å². The Kier molecular flexibility index (Phi) is 2.92. The molecule has 2 aliphatic heterocycles. The van der Waals surface area contributed by atoms with Crippen molar-refractivity contribution in [2.45, 2.75) is 45.1 Å². The maximum Gasteiger partial charge on any atom is 0.154 e. The van der Waals surface area contributed by atoms with Crippen LogP contribution in [0.4, 0.5) is 0 Å². The van der Waals surface area contributed by atoms with Gasteiger partial charge in [0.15, 0.2) is 5.82 Å². The van der Waals surface area contributed by atoms with Crippen molar-refractivity contribution in [2.24, 2.45) is 5.92 Å². The Bertz CT molecular complexity index is 368. The number of aryl methyl sites for hydroxylation is 1. The van der Waals surface area contributed by atoms with Gasteiger partial charge in [-0.2, -0.15) is 16.9 Å². The molecule has 1 aromatic rings. The number of aromatic nitrogens is 3. The molecule has 1 fully saturated rings. The normalized spacial score (nSPS) is 26.7. The van der Waals surface area contributed by atoms with Crippen molar-refractivity contribution in [1.82, 2.24) is 14.8 Å². The smallest absolute Gasteiger partial charge is 0.154 e. The summed E-state index contributed by atoms with van der Waals surface area (Å²) in [7, 11) is 0. The molecule has 3 heterocycles. The van der Waals surface area contributed by atoms with E-state index in [1.165, 1.54) is 36.6 Å². The minimum Gasteiger partial charge on any atom is -0.250 e. The number of nitrogens with zero attached hydrogens (tertiary/aromatic N) is 3. The van der Waals surface area contributed by atoms with Gasteiger partial charge in [0.05, 0.1) is 0 Å². The summed E-state index contributed by atoms with van der Waals surface area (Å²) >= 11 is 2.07. The minimum atomic E-state index is 0.634. The molecule has 16 heavy (non-hydrogen) atoms. The average Bonchev–Trinajstić information content (AvgIpc) is 2.73. The van der Waals surface area contributed by atoms with Crippen LogP contribution in [0.25, 0.3) is 0 Å². The molecule has 0 amide bonds. The van der Waals surface area contributed by atoms with Crippen LogP contribution in [0.1, 0.15) is 43.8 Å². The van der Waals surface area contributed by atoms with Crippen LogP contribution in [-0.2, 0) is 13.0 Å². The lowest BCUT2D eigenvalue weighted by molar-refractivity contribution is 0.366. The van der Waals surface area contributed by atoms with Crippen LogP contribution in [0.3, 0.4) is 0 Å². The zero-order valence-electron chi connectivity index (χ0n) is 9.85. The lowest BCUT2D eigenvalue weighted by Gasteiger charge is -2.18. The molecule has 0 bridgehead atoms. The summed E-state index contributed by atoms with van der Waals surface area (Å²) in [6.07, 6.45) is 4.93. The maximum absolute atomic E-state index is 4.75. The van der Waals surface area contributed by atoms with Gasteiger partial charge in [-0.1, -0.05) is 6.92 Å². The molecule has 0 spiro atoms. The van der Waals surface area contributed by atoms with Gasteiger partial charge < -0.3 is 0 Å². The summed E-state index contributed by atoms with van der Waals surface area (Å²) < 4.78 is 2.16.